The molecule has 0 aromatic carbocycles. The highest BCUT2D eigenvalue weighted by atomic mass is 16.6. The van der Waals surface area contributed by atoms with Gasteiger partial charge in [0.05, 0.1) is 5.54 Å². The molecule has 4 heteroatoms. The Kier molecular flexibility index (Phi) is 1.88. The van der Waals surface area contributed by atoms with Gasteiger partial charge < -0.3 is 0 Å². The van der Waals surface area contributed by atoms with Gasteiger partial charge in [-0.2, -0.15) is 0 Å². The van der Waals surface area contributed by atoms with Gasteiger partial charge in [0, 0.05) is 17.9 Å². The molecule has 64 valence electrons. The molecular weight excluding hydrogens is 144 g/mol. The van der Waals surface area contributed by atoms with Crippen molar-refractivity contribution < 1.29 is 4.92 Å². The van der Waals surface area contributed by atoms with Crippen LogP contribution >= 0.6 is 0 Å². The van der Waals surface area contributed by atoms with E-state index in [2.05, 4.69) is 0 Å². The molecule has 0 N–H and O–H groups in total. The molecule has 0 amide bonds. The molecule has 0 aromatic rings. The Morgan fingerprint density at radius 2 is 2.18 bits per heavy atom. The van der Waals surface area contributed by atoms with E-state index in [1.807, 2.05) is 25.8 Å². The number of nitro groups is 1. The molecule has 0 spiro atoms. The van der Waals surface area contributed by atoms with E-state index >= 15 is 0 Å². The molecule has 1 atom stereocenters. The Morgan fingerprint density at radius 1 is 1.64 bits per heavy atom. The fourth-order valence-corrected chi connectivity index (χ4v) is 1.58. The summed E-state index contributed by atoms with van der Waals surface area (Å²) < 4.78 is 0. The molecule has 1 heterocycles. The van der Waals surface area contributed by atoms with Crippen LogP contribution in [-0.4, -0.2) is 35.0 Å². The predicted molar refractivity (Wildman–Crippen MR) is 42.1 cm³/mol. The zero-order chi connectivity index (χ0) is 8.65. The van der Waals surface area contributed by atoms with Gasteiger partial charge in [-0.25, -0.2) is 0 Å². The quantitative estimate of drug-likeness (QED) is 0.418. The second kappa shape index (κ2) is 2.44. The number of likely N-dealkylation sites (tertiary alicyclic amines) is 1. The van der Waals surface area contributed by atoms with Crippen molar-refractivity contribution in [2.45, 2.75) is 31.8 Å². The summed E-state index contributed by atoms with van der Waals surface area (Å²) in [5.41, 5.74) is -0.274. The Bertz CT molecular complexity index is 179. The average molecular weight is 158 g/mol. The van der Waals surface area contributed by atoms with Crippen LogP contribution in [0.4, 0.5) is 0 Å². The first-order valence-electron chi connectivity index (χ1n) is 3.81. The van der Waals surface area contributed by atoms with Gasteiger partial charge in [-0.15, -0.1) is 0 Å². The highest BCUT2D eigenvalue weighted by Gasteiger charge is 2.46. The monoisotopic (exact) mass is 158 g/mol. The standard InChI is InChI=1S/C7H14N2O2/c1-7(2)6(9(10)11)4-5-8(7)3/h6H,4-5H2,1-3H3/t6-/m1/s1. The summed E-state index contributed by atoms with van der Waals surface area (Å²) in [6.07, 6.45) is 0.677. The van der Waals surface area contributed by atoms with E-state index < -0.39 is 6.04 Å². The first-order valence-corrected chi connectivity index (χ1v) is 3.81. The average Bonchev–Trinajstić information content (AvgIpc) is 2.08. The zero-order valence-electron chi connectivity index (χ0n) is 7.20. The van der Waals surface area contributed by atoms with Crippen LogP contribution in [-0.2, 0) is 0 Å². The summed E-state index contributed by atoms with van der Waals surface area (Å²) in [6.45, 7) is 4.68. The molecule has 0 aromatic heterocycles. The molecule has 11 heavy (non-hydrogen) atoms. The lowest BCUT2D eigenvalue weighted by Crippen LogP contribution is -2.46. The Morgan fingerprint density at radius 3 is 2.36 bits per heavy atom. The summed E-state index contributed by atoms with van der Waals surface area (Å²) in [5.74, 6) is 0. The fraction of sp³-hybridized carbons (Fsp3) is 1.00. The van der Waals surface area contributed by atoms with Crippen LogP contribution in [0.25, 0.3) is 0 Å². The molecule has 0 saturated carbocycles. The van der Waals surface area contributed by atoms with Crippen molar-refractivity contribution in [3.05, 3.63) is 10.1 Å². The van der Waals surface area contributed by atoms with Gasteiger partial charge in [0.2, 0.25) is 6.04 Å². The van der Waals surface area contributed by atoms with Crippen LogP contribution in [0.2, 0.25) is 0 Å². The highest BCUT2D eigenvalue weighted by Crippen LogP contribution is 2.28. The molecule has 1 saturated heterocycles. The second-order valence-corrected chi connectivity index (χ2v) is 3.67. The normalized spacial score (nSPS) is 30.6. The van der Waals surface area contributed by atoms with E-state index in [-0.39, 0.29) is 10.5 Å². The molecule has 1 rings (SSSR count). The summed E-state index contributed by atoms with van der Waals surface area (Å²) >= 11 is 0. The van der Waals surface area contributed by atoms with Gasteiger partial charge in [0.1, 0.15) is 0 Å². The minimum Gasteiger partial charge on any atom is -0.295 e. The molecule has 4 nitrogen and oxygen atoms in total. The van der Waals surface area contributed by atoms with Gasteiger partial charge in [-0.3, -0.25) is 15.0 Å². The number of hydrogen-bond donors (Lipinski definition) is 0. The van der Waals surface area contributed by atoms with Crippen molar-refractivity contribution in [2.24, 2.45) is 0 Å². The van der Waals surface area contributed by atoms with Crippen LogP contribution in [0, 0.1) is 10.1 Å². The third-order valence-electron chi connectivity index (χ3n) is 2.79. The van der Waals surface area contributed by atoms with Crippen LogP contribution in [0.1, 0.15) is 20.3 Å². The number of hydrogen-bond acceptors (Lipinski definition) is 3. The number of likely N-dealkylation sites (N-methyl/N-ethyl adjacent to an activating group) is 1. The van der Waals surface area contributed by atoms with Gasteiger partial charge in [-0.05, 0) is 20.9 Å². The number of rotatable bonds is 1. The third kappa shape index (κ3) is 1.22. The van der Waals surface area contributed by atoms with E-state index in [0.29, 0.717) is 6.42 Å². The minimum atomic E-state index is -0.396. The fourth-order valence-electron chi connectivity index (χ4n) is 1.58. The van der Waals surface area contributed by atoms with Crippen LogP contribution in [0.3, 0.4) is 0 Å². The molecule has 0 aliphatic carbocycles. The molecule has 0 unspecified atom stereocenters. The molecule has 1 fully saturated rings. The molecule has 1 aliphatic rings. The van der Waals surface area contributed by atoms with E-state index in [4.69, 9.17) is 0 Å². The molecule has 0 bridgehead atoms. The first kappa shape index (κ1) is 8.46. The van der Waals surface area contributed by atoms with Crippen molar-refractivity contribution in [1.29, 1.82) is 0 Å². The van der Waals surface area contributed by atoms with E-state index in [0.717, 1.165) is 6.54 Å². The summed E-state index contributed by atoms with van der Waals surface area (Å²) in [7, 11) is 1.93. The van der Waals surface area contributed by atoms with Gasteiger partial charge in [-0.1, -0.05) is 0 Å². The topological polar surface area (TPSA) is 46.4 Å². The van der Waals surface area contributed by atoms with Gasteiger partial charge in [0.25, 0.3) is 0 Å². The minimum absolute atomic E-state index is 0.163. The highest BCUT2D eigenvalue weighted by molar-refractivity contribution is 4.93. The maximum Gasteiger partial charge on any atom is 0.231 e. The molecular formula is C7H14N2O2. The summed E-state index contributed by atoms with van der Waals surface area (Å²) in [4.78, 5) is 12.4. The lowest BCUT2D eigenvalue weighted by Gasteiger charge is -2.27. The van der Waals surface area contributed by atoms with Crippen molar-refractivity contribution in [3.8, 4) is 0 Å². The van der Waals surface area contributed by atoms with Gasteiger partial charge >= 0.3 is 0 Å². The smallest absolute Gasteiger partial charge is 0.231 e. The predicted octanol–water partition coefficient (Wildman–Crippen LogP) is 0.746. The van der Waals surface area contributed by atoms with Gasteiger partial charge in [0.15, 0.2) is 0 Å². The molecule has 1 aliphatic heterocycles. The zero-order valence-corrected chi connectivity index (χ0v) is 7.20. The van der Waals surface area contributed by atoms with Crippen molar-refractivity contribution >= 4 is 0 Å². The van der Waals surface area contributed by atoms with Crippen molar-refractivity contribution in [3.63, 3.8) is 0 Å². The van der Waals surface area contributed by atoms with Crippen molar-refractivity contribution in [2.75, 3.05) is 13.6 Å². The summed E-state index contributed by atoms with van der Waals surface area (Å²) in [6, 6.07) is -0.396. The first-order chi connectivity index (χ1) is 4.96. The van der Waals surface area contributed by atoms with E-state index in [1.165, 1.54) is 0 Å². The Labute approximate surface area is 66.3 Å². The summed E-state index contributed by atoms with van der Waals surface area (Å²) in [5, 5.41) is 10.5. The molecule has 0 radical (unpaired) electrons. The SMILES string of the molecule is CN1CC[C@@H]([N+](=O)[O-])C1(C)C. The van der Waals surface area contributed by atoms with Crippen LogP contribution in [0.15, 0.2) is 0 Å². The van der Waals surface area contributed by atoms with Crippen molar-refractivity contribution in [1.82, 2.24) is 4.90 Å². The third-order valence-corrected chi connectivity index (χ3v) is 2.79. The Balaban J connectivity index is 2.78. The largest absolute Gasteiger partial charge is 0.295 e. The maximum atomic E-state index is 10.5. The van der Waals surface area contributed by atoms with Crippen LogP contribution in [0.5, 0.6) is 0 Å². The Hall–Kier alpha value is -0.640. The maximum absolute atomic E-state index is 10.5. The lowest BCUT2D eigenvalue weighted by atomic mass is 9.97. The second-order valence-electron chi connectivity index (χ2n) is 3.67. The van der Waals surface area contributed by atoms with E-state index in [9.17, 15) is 10.1 Å². The van der Waals surface area contributed by atoms with Crippen LogP contribution < -0.4 is 0 Å². The number of nitrogens with zero attached hydrogens (tertiary/aromatic N) is 2. The van der Waals surface area contributed by atoms with E-state index in [1.54, 1.807) is 0 Å². The lowest BCUT2D eigenvalue weighted by molar-refractivity contribution is -0.531.